The zero-order valence-electron chi connectivity index (χ0n) is 15.4. The van der Waals surface area contributed by atoms with Crippen LogP contribution in [0.5, 0.6) is 0 Å². The number of rotatable bonds is 5. The maximum atomic E-state index is 13.1. The Morgan fingerprint density at radius 3 is 2.66 bits per heavy atom. The molecule has 0 aliphatic carbocycles. The number of carbonyl (C=O) groups is 1. The number of carbonyl (C=O) groups excluding carboxylic acids is 1. The van der Waals surface area contributed by atoms with E-state index in [1.807, 2.05) is 6.92 Å². The molecule has 2 N–H and O–H groups in total. The molecule has 0 fully saturated rings. The van der Waals surface area contributed by atoms with Crippen LogP contribution >= 0.6 is 15.9 Å². The van der Waals surface area contributed by atoms with E-state index in [9.17, 15) is 18.0 Å². The molecule has 2 heterocycles. The Morgan fingerprint density at radius 2 is 2.07 bits per heavy atom. The van der Waals surface area contributed by atoms with E-state index in [1.54, 1.807) is 16.2 Å². The van der Waals surface area contributed by atoms with Gasteiger partial charge in [-0.15, -0.1) is 0 Å². The lowest BCUT2D eigenvalue weighted by Gasteiger charge is -2.16. The third kappa shape index (κ3) is 4.47. The largest absolute Gasteiger partial charge is 1.00 e. The maximum absolute atomic E-state index is 13.1. The molecule has 0 aliphatic rings. The molecule has 156 valence electrons. The van der Waals surface area contributed by atoms with E-state index in [0.717, 1.165) is 12.1 Å². The minimum absolute atomic E-state index is 0. The number of nitrogen functional groups attached to an aromatic ring is 1. The zero-order valence-corrected chi connectivity index (χ0v) is 19.2. The number of aromatic nitrogens is 4. The van der Waals surface area contributed by atoms with Crippen molar-refractivity contribution in [3.05, 3.63) is 40.4 Å². The van der Waals surface area contributed by atoms with Crippen LogP contribution in [0.2, 0.25) is 0 Å². The summed E-state index contributed by atoms with van der Waals surface area (Å²) >= 11 is 3.19. The highest BCUT2D eigenvalue weighted by atomic mass is 127. The summed E-state index contributed by atoms with van der Waals surface area (Å²) in [7, 11) is 1.73. The van der Waals surface area contributed by atoms with E-state index in [-0.39, 0.29) is 42.2 Å². The van der Waals surface area contributed by atoms with E-state index >= 15 is 0 Å². The van der Waals surface area contributed by atoms with Gasteiger partial charge in [-0.3, -0.25) is 9.69 Å². The smallest absolute Gasteiger partial charge is 0.416 e. The fourth-order valence-electron chi connectivity index (χ4n) is 3.10. The summed E-state index contributed by atoms with van der Waals surface area (Å²) in [5.41, 5.74) is 6.15. The quantitative estimate of drug-likeness (QED) is 0.256. The molecule has 1 aromatic carbocycles. The van der Waals surface area contributed by atoms with Crippen LogP contribution in [0.15, 0.2) is 29.0 Å². The molecule has 3 rings (SSSR count). The van der Waals surface area contributed by atoms with Crippen LogP contribution in [0.25, 0.3) is 11.0 Å². The molecule has 2 aromatic heterocycles. The van der Waals surface area contributed by atoms with Gasteiger partial charge >= 0.3 is 6.18 Å². The van der Waals surface area contributed by atoms with Crippen LogP contribution in [0.3, 0.4) is 0 Å². The van der Waals surface area contributed by atoms with Crippen LogP contribution in [0.4, 0.5) is 24.8 Å². The zero-order chi connectivity index (χ0) is 20.6. The maximum Gasteiger partial charge on any atom is 0.416 e. The first-order valence-corrected chi connectivity index (χ1v) is 9.05. The van der Waals surface area contributed by atoms with Crippen molar-refractivity contribution in [2.75, 3.05) is 10.6 Å². The van der Waals surface area contributed by atoms with Crippen molar-refractivity contribution in [1.29, 1.82) is 0 Å². The van der Waals surface area contributed by atoms with Crippen molar-refractivity contribution in [1.82, 2.24) is 14.5 Å². The van der Waals surface area contributed by atoms with Crippen LogP contribution in [0.1, 0.15) is 18.3 Å². The van der Waals surface area contributed by atoms with Gasteiger partial charge in [0.05, 0.1) is 25.4 Å². The van der Waals surface area contributed by atoms with Crippen molar-refractivity contribution in [3.8, 4) is 0 Å². The number of halogens is 5. The van der Waals surface area contributed by atoms with Crippen molar-refractivity contribution >= 4 is 45.0 Å². The normalized spacial score (nSPS) is 11.4. The van der Waals surface area contributed by atoms with E-state index in [0.29, 0.717) is 34.4 Å². The first-order valence-electron chi connectivity index (χ1n) is 8.25. The molecule has 1 amide bonds. The molecule has 0 saturated carbocycles. The summed E-state index contributed by atoms with van der Waals surface area (Å²) in [4.78, 5) is 21.1. The number of hydrogen-bond donors (Lipinski definition) is 1. The lowest BCUT2D eigenvalue weighted by molar-refractivity contribution is -0.653. The Labute approximate surface area is 189 Å². The summed E-state index contributed by atoms with van der Waals surface area (Å²) in [6.07, 6.45) is -2.47. The monoisotopic (exact) mass is 584 g/mol. The second-order valence-electron chi connectivity index (χ2n) is 6.06. The van der Waals surface area contributed by atoms with Crippen LogP contribution in [0, 0.1) is 0 Å². The number of imidazole rings is 1. The Hall–Kier alpha value is -1.96. The Bertz CT molecular complexity index is 1060. The third-order valence-electron chi connectivity index (χ3n) is 4.43. The van der Waals surface area contributed by atoms with E-state index in [1.165, 1.54) is 17.2 Å². The topological polar surface area (TPSA) is 80.9 Å². The Morgan fingerprint density at radius 1 is 1.38 bits per heavy atom. The molecule has 12 heteroatoms. The predicted octanol–water partition coefficient (Wildman–Crippen LogP) is -0.194. The van der Waals surface area contributed by atoms with Crippen molar-refractivity contribution in [2.24, 2.45) is 7.05 Å². The number of nitrogens with two attached hydrogens (primary N) is 1. The van der Waals surface area contributed by atoms with Crippen LogP contribution in [-0.4, -0.2) is 20.9 Å². The molecule has 0 aliphatic heterocycles. The molecule has 3 aromatic rings. The molecule has 7 nitrogen and oxygen atoms in total. The molecule has 0 bridgehead atoms. The summed E-state index contributed by atoms with van der Waals surface area (Å²) in [5.74, 6) is 0.842. The Kier molecular flexibility index (Phi) is 7.09. The second-order valence-corrected chi connectivity index (χ2v) is 6.87. The second kappa shape index (κ2) is 8.81. The molecule has 0 atom stereocenters. The minimum atomic E-state index is -4.44. The van der Waals surface area contributed by atoms with Gasteiger partial charge in [-0.05, 0) is 35.0 Å². The fraction of sp³-hybridized carbons (Fsp3) is 0.294. The number of anilines is 2. The number of benzene rings is 1. The number of hydrogen-bond acceptors (Lipinski definition) is 4. The lowest BCUT2D eigenvalue weighted by Crippen LogP contribution is -3.00. The van der Waals surface area contributed by atoms with Gasteiger partial charge in [-0.2, -0.15) is 13.2 Å². The molecular weight excluding hydrogens is 568 g/mol. The number of aryl methyl sites for hydroxylation is 2. The van der Waals surface area contributed by atoms with E-state index < -0.39 is 11.7 Å². The SMILES string of the molecule is CCn1c(CN(C=O)c2nc(Br)cnc2N)[n+](C)c2ccc(C(F)(F)F)cc21.[I-]. The standard InChI is InChI=1S/C17H17BrF3N6O.HI/c1-3-27-12-6-10(17(19,20)21)4-5-11(12)25(2)14(27)8-26(9-28)16-15(22)23-7-13(18)24-16;/h4-7,9H,3,8H2,1-2H3,(H2,22,23);1H/q+1;/p-1. The highest BCUT2D eigenvalue weighted by molar-refractivity contribution is 9.10. The highest BCUT2D eigenvalue weighted by Crippen LogP contribution is 2.31. The number of alkyl halides is 3. The first-order chi connectivity index (χ1) is 13.2. The average molecular weight is 585 g/mol. The van der Waals surface area contributed by atoms with Crippen LogP contribution < -0.4 is 39.2 Å². The molecule has 0 saturated heterocycles. The molecule has 0 radical (unpaired) electrons. The highest BCUT2D eigenvalue weighted by Gasteiger charge is 2.33. The minimum Gasteiger partial charge on any atom is -1.00 e. The number of fused-ring (bicyclic) bond motifs is 1. The predicted molar refractivity (Wildman–Crippen MR) is 100 cm³/mol. The van der Waals surface area contributed by atoms with Gasteiger partial charge in [0.25, 0.3) is 5.82 Å². The van der Waals surface area contributed by atoms with Crippen molar-refractivity contribution in [3.63, 3.8) is 0 Å². The molecular formula is C17H17BrF3IN6O. The average Bonchev–Trinajstić information content (AvgIpc) is 2.92. The summed E-state index contributed by atoms with van der Waals surface area (Å²) in [6.45, 7) is 2.29. The summed E-state index contributed by atoms with van der Waals surface area (Å²) in [6, 6.07) is 3.58. The van der Waals surface area contributed by atoms with E-state index in [2.05, 4.69) is 25.9 Å². The van der Waals surface area contributed by atoms with Crippen molar-refractivity contribution < 1.29 is 46.5 Å². The number of amides is 1. The molecule has 0 unspecified atom stereocenters. The fourth-order valence-corrected chi connectivity index (χ4v) is 3.37. The van der Waals surface area contributed by atoms with Gasteiger partial charge in [-0.1, -0.05) is 0 Å². The van der Waals surface area contributed by atoms with Crippen molar-refractivity contribution in [2.45, 2.75) is 26.2 Å². The summed E-state index contributed by atoms with van der Waals surface area (Å²) < 4.78 is 43.2. The van der Waals surface area contributed by atoms with Gasteiger partial charge in [-0.25, -0.2) is 19.1 Å². The lowest BCUT2D eigenvalue weighted by atomic mass is 10.2. The van der Waals surface area contributed by atoms with E-state index in [4.69, 9.17) is 5.73 Å². The van der Waals surface area contributed by atoms with Gasteiger partial charge < -0.3 is 29.7 Å². The summed E-state index contributed by atoms with van der Waals surface area (Å²) in [5, 5.41) is 0. The third-order valence-corrected chi connectivity index (χ3v) is 4.81. The first kappa shape index (κ1) is 23.3. The van der Waals surface area contributed by atoms with Gasteiger partial charge in [0.15, 0.2) is 22.7 Å². The van der Waals surface area contributed by atoms with Gasteiger partial charge in [0, 0.05) is 6.07 Å². The molecule has 29 heavy (non-hydrogen) atoms. The van der Waals surface area contributed by atoms with Gasteiger partial charge in [0.2, 0.25) is 6.41 Å². The number of nitrogens with zero attached hydrogens (tertiary/aromatic N) is 5. The Balaban J connectivity index is 0.00000300. The van der Waals surface area contributed by atoms with Crippen LogP contribution in [-0.2, 0) is 31.1 Å². The molecule has 0 spiro atoms. The van der Waals surface area contributed by atoms with Gasteiger partial charge in [0.1, 0.15) is 11.1 Å².